The van der Waals surface area contributed by atoms with E-state index in [0.29, 0.717) is 6.41 Å². The first-order valence-corrected chi connectivity index (χ1v) is 5.16. The minimum atomic E-state index is 0. The lowest BCUT2D eigenvalue weighted by Gasteiger charge is -2.29. The number of amides is 1. The second-order valence-electron chi connectivity index (χ2n) is 3.55. The van der Waals surface area contributed by atoms with E-state index in [9.17, 15) is 4.79 Å². The van der Waals surface area contributed by atoms with Crippen LogP contribution in [0.5, 0.6) is 0 Å². The normalized spacial score (nSPS) is 14.2. The second kappa shape index (κ2) is 8.17. The number of hydrogen-bond donors (Lipinski definition) is 2. The highest BCUT2D eigenvalue weighted by molar-refractivity contribution is 5.85. The number of carbonyl (C=O) groups is 1. The Kier molecular flexibility index (Phi) is 7.70. The summed E-state index contributed by atoms with van der Waals surface area (Å²) in [4.78, 5) is 12.6. The number of nitrogens with one attached hydrogen (secondary N) is 2. The van der Waals surface area contributed by atoms with E-state index in [-0.39, 0.29) is 24.8 Å². The first-order valence-electron chi connectivity index (χ1n) is 5.16. The van der Waals surface area contributed by atoms with Crippen LogP contribution in [0.2, 0.25) is 0 Å². The minimum Gasteiger partial charge on any atom is -0.369 e. The van der Waals surface area contributed by atoms with E-state index in [2.05, 4.69) is 21.6 Å². The largest absolute Gasteiger partial charge is 0.369 e. The Labute approximate surface area is 114 Å². The first kappa shape index (κ1) is 16.0. The molecule has 17 heavy (non-hydrogen) atoms. The van der Waals surface area contributed by atoms with Crippen molar-refractivity contribution in [1.29, 1.82) is 0 Å². The SMILES string of the molecule is Cl.Cl.O=CNc1cccc(N2CCNCC2)c1. The molecule has 0 saturated carbocycles. The van der Waals surface area contributed by atoms with Crippen molar-refractivity contribution in [1.82, 2.24) is 5.32 Å². The van der Waals surface area contributed by atoms with Crippen LogP contribution in [0.4, 0.5) is 11.4 Å². The van der Waals surface area contributed by atoms with Crippen LogP contribution in [0.25, 0.3) is 0 Å². The molecule has 0 unspecified atom stereocenters. The van der Waals surface area contributed by atoms with Crippen LogP contribution in [0.1, 0.15) is 0 Å². The van der Waals surface area contributed by atoms with Gasteiger partial charge in [0.05, 0.1) is 0 Å². The van der Waals surface area contributed by atoms with Gasteiger partial charge in [-0.15, -0.1) is 24.8 Å². The molecule has 1 saturated heterocycles. The summed E-state index contributed by atoms with van der Waals surface area (Å²) in [5, 5.41) is 5.97. The number of halogens is 2. The van der Waals surface area contributed by atoms with Crippen LogP contribution in [-0.4, -0.2) is 32.6 Å². The maximum Gasteiger partial charge on any atom is 0.211 e. The van der Waals surface area contributed by atoms with Gasteiger partial charge >= 0.3 is 0 Å². The van der Waals surface area contributed by atoms with E-state index in [1.54, 1.807) is 0 Å². The summed E-state index contributed by atoms with van der Waals surface area (Å²) in [5.74, 6) is 0. The van der Waals surface area contributed by atoms with Gasteiger partial charge in [-0.25, -0.2) is 0 Å². The quantitative estimate of drug-likeness (QED) is 0.824. The zero-order valence-electron chi connectivity index (χ0n) is 9.39. The standard InChI is InChI=1S/C11H15N3O.2ClH/c15-9-13-10-2-1-3-11(8-10)14-6-4-12-5-7-14;;/h1-3,8-9,12H,4-7H2,(H,13,15);2*1H. The average molecular weight is 278 g/mol. The zero-order valence-corrected chi connectivity index (χ0v) is 11.0. The van der Waals surface area contributed by atoms with E-state index in [1.165, 1.54) is 5.69 Å². The molecule has 2 N–H and O–H groups in total. The van der Waals surface area contributed by atoms with Gasteiger partial charge in [0.1, 0.15) is 0 Å². The van der Waals surface area contributed by atoms with Crippen molar-refractivity contribution in [2.24, 2.45) is 0 Å². The van der Waals surface area contributed by atoms with Gasteiger partial charge in [0.15, 0.2) is 0 Å². The molecule has 0 radical (unpaired) electrons. The Balaban J connectivity index is 0.00000128. The highest BCUT2D eigenvalue weighted by Gasteiger charge is 2.09. The number of piperazine rings is 1. The molecular weight excluding hydrogens is 261 g/mol. The fraction of sp³-hybridized carbons (Fsp3) is 0.364. The number of benzene rings is 1. The number of rotatable bonds is 3. The molecule has 1 heterocycles. The van der Waals surface area contributed by atoms with Gasteiger partial charge in [0.25, 0.3) is 0 Å². The van der Waals surface area contributed by atoms with E-state index in [0.717, 1.165) is 31.9 Å². The van der Waals surface area contributed by atoms with Gasteiger partial charge in [-0.2, -0.15) is 0 Å². The summed E-state index contributed by atoms with van der Waals surface area (Å²) in [6.45, 7) is 4.08. The Morgan fingerprint density at radius 1 is 1.24 bits per heavy atom. The highest BCUT2D eigenvalue weighted by Crippen LogP contribution is 2.19. The zero-order chi connectivity index (χ0) is 10.5. The van der Waals surface area contributed by atoms with Crippen LogP contribution in [0, 0.1) is 0 Å². The topological polar surface area (TPSA) is 44.4 Å². The summed E-state index contributed by atoms with van der Waals surface area (Å²) in [5.41, 5.74) is 2.02. The van der Waals surface area contributed by atoms with Gasteiger partial charge in [-0.1, -0.05) is 6.07 Å². The Morgan fingerprint density at radius 3 is 2.59 bits per heavy atom. The van der Waals surface area contributed by atoms with Gasteiger partial charge in [0, 0.05) is 37.6 Å². The van der Waals surface area contributed by atoms with Crippen molar-refractivity contribution in [3.8, 4) is 0 Å². The first-order chi connectivity index (χ1) is 7.40. The molecule has 1 aromatic rings. The molecule has 1 aromatic carbocycles. The van der Waals surface area contributed by atoms with E-state index < -0.39 is 0 Å². The van der Waals surface area contributed by atoms with Crippen LogP contribution >= 0.6 is 24.8 Å². The molecule has 2 rings (SSSR count). The predicted molar refractivity (Wildman–Crippen MR) is 75.7 cm³/mol. The molecule has 1 amide bonds. The Hall–Kier alpha value is -0.970. The van der Waals surface area contributed by atoms with E-state index >= 15 is 0 Å². The van der Waals surface area contributed by atoms with E-state index in [4.69, 9.17) is 0 Å². The smallest absolute Gasteiger partial charge is 0.211 e. The summed E-state index contributed by atoms with van der Waals surface area (Å²) in [7, 11) is 0. The molecule has 0 spiro atoms. The maximum absolute atomic E-state index is 10.3. The maximum atomic E-state index is 10.3. The van der Waals surface area contributed by atoms with Crippen LogP contribution in [0.3, 0.4) is 0 Å². The molecule has 0 aromatic heterocycles. The molecule has 6 heteroatoms. The summed E-state index contributed by atoms with van der Waals surface area (Å²) in [6.07, 6.45) is 0.705. The lowest BCUT2D eigenvalue weighted by Crippen LogP contribution is -2.43. The van der Waals surface area contributed by atoms with Crippen LogP contribution in [0.15, 0.2) is 24.3 Å². The molecule has 1 fully saturated rings. The van der Waals surface area contributed by atoms with Gasteiger partial charge in [-0.3, -0.25) is 4.79 Å². The number of hydrogen-bond acceptors (Lipinski definition) is 3. The average Bonchev–Trinajstić information content (AvgIpc) is 2.31. The fourth-order valence-corrected chi connectivity index (χ4v) is 1.78. The summed E-state index contributed by atoms with van der Waals surface area (Å²) in [6, 6.07) is 7.92. The third kappa shape index (κ3) is 4.42. The van der Waals surface area contributed by atoms with Gasteiger partial charge in [-0.05, 0) is 18.2 Å². The van der Waals surface area contributed by atoms with Crippen LogP contribution in [-0.2, 0) is 4.79 Å². The Morgan fingerprint density at radius 2 is 1.94 bits per heavy atom. The second-order valence-corrected chi connectivity index (χ2v) is 3.55. The number of anilines is 2. The van der Waals surface area contributed by atoms with Crippen molar-refractivity contribution in [2.75, 3.05) is 36.4 Å². The van der Waals surface area contributed by atoms with Gasteiger partial charge in [0.2, 0.25) is 6.41 Å². The number of carbonyl (C=O) groups excluding carboxylic acids is 1. The highest BCUT2D eigenvalue weighted by atomic mass is 35.5. The third-order valence-corrected chi connectivity index (χ3v) is 2.55. The minimum absolute atomic E-state index is 0. The van der Waals surface area contributed by atoms with Crippen LogP contribution < -0.4 is 15.5 Å². The van der Waals surface area contributed by atoms with Gasteiger partial charge < -0.3 is 15.5 Å². The molecule has 1 aliphatic heterocycles. The molecule has 0 aliphatic carbocycles. The van der Waals surface area contributed by atoms with E-state index in [1.807, 2.05) is 18.2 Å². The molecule has 1 aliphatic rings. The lowest BCUT2D eigenvalue weighted by atomic mass is 10.2. The fourth-order valence-electron chi connectivity index (χ4n) is 1.78. The van der Waals surface area contributed by atoms with Crippen molar-refractivity contribution in [2.45, 2.75) is 0 Å². The number of nitrogens with zero attached hydrogens (tertiary/aromatic N) is 1. The molecule has 4 nitrogen and oxygen atoms in total. The molecule has 96 valence electrons. The van der Waals surface area contributed by atoms with Crippen molar-refractivity contribution >= 4 is 42.6 Å². The summed E-state index contributed by atoms with van der Waals surface area (Å²) < 4.78 is 0. The van der Waals surface area contributed by atoms with Crippen molar-refractivity contribution < 1.29 is 4.79 Å². The molecular formula is C11H17Cl2N3O. The summed E-state index contributed by atoms with van der Waals surface area (Å²) >= 11 is 0. The third-order valence-electron chi connectivity index (χ3n) is 2.55. The molecule has 0 atom stereocenters. The van der Waals surface area contributed by atoms with Crippen molar-refractivity contribution in [3.05, 3.63) is 24.3 Å². The Bertz CT molecular complexity index is 343. The predicted octanol–water partition coefficient (Wildman–Crippen LogP) is 1.51. The monoisotopic (exact) mass is 277 g/mol. The lowest BCUT2D eigenvalue weighted by molar-refractivity contribution is -0.105. The van der Waals surface area contributed by atoms with Crippen molar-refractivity contribution in [3.63, 3.8) is 0 Å². The molecule has 0 bridgehead atoms.